The summed E-state index contributed by atoms with van der Waals surface area (Å²) in [5.41, 5.74) is 2.36. The fourth-order valence-corrected chi connectivity index (χ4v) is 4.75. The van der Waals surface area contributed by atoms with Crippen LogP contribution in [0.1, 0.15) is 55.8 Å². The van der Waals surface area contributed by atoms with Crippen molar-refractivity contribution >= 4 is 15.8 Å². The Hall–Kier alpha value is -2.06. The van der Waals surface area contributed by atoms with Crippen molar-refractivity contribution in [3.8, 4) is 0 Å². The molecule has 164 valence electrons. The van der Waals surface area contributed by atoms with Gasteiger partial charge in [-0.1, -0.05) is 32.0 Å². The molecule has 2 heterocycles. The smallest absolute Gasteiger partial charge is 0.213 e. The summed E-state index contributed by atoms with van der Waals surface area (Å²) in [4.78, 5) is 11.7. The number of aromatic nitrogens is 2. The molecule has 0 N–H and O–H groups in total. The molecule has 0 bridgehead atoms. The molecule has 2 aromatic rings. The summed E-state index contributed by atoms with van der Waals surface area (Å²) in [6.07, 6.45) is 1.33. The molecule has 0 unspecified atom stereocenters. The molecule has 3 rings (SSSR count). The topological polar surface area (TPSA) is 66.4 Å². The maximum atomic E-state index is 14.3. The fraction of sp³-hybridized carbons (Fsp3) is 0.545. The van der Waals surface area contributed by atoms with E-state index in [0.717, 1.165) is 29.3 Å². The molecule has 0 spiro atoms. The van der Waals surface area contributed by atoms with E-state index in [2.05, 4.69) is 18.7 Å². The van der Waals surface area contributed by atoms with Crippen molar-refractivity contribution in [1.29, 1.82) is 0 Å². The van der Waals surface area contributed by atoms with Gasteiger partial charge in [0.2, 0.25) is 10.0 Å². The second kappa shape index (κ2) is 9.39. The van der Waals surface area contributed by atoms with Crippen LogP contribution in [0.25, 0.3) is 0 Å². The average molecular weight is 435 g/mol. The maximum absolute atomic E-state index is 14.3. The van der Waals surface area contributed by atoms with Crippen LogP contribution >= 0.6 is 0 Å². The summed E-state index contributed by atoms with van der Waals surface area (Å²) in [5.74, 6) is 1.66. The van der Waals surface area contributed by atoms with E-state index in [1.807, 2.05) is 13.0 Å². The summed E-state index contributed by atoms with van der Waals surface area (Å²) < 4.78 is 40.3. The Balaban J connectivity index is 1.96. The van der Waals surface area contributed by atoms with Gasteiger partial charge in [-0.2, -0.15) is 4.31 Å². The first-order chi connectivity index (χ1) is 14.3. The fourth-order valence-electron chi connectivity index (χ4n) is 3.67. The minimum atomic E-state index is -3.20. The zero-order valence-electron chi connectivity index (χ0n) is 18.2. The van der Waals surface area contributed by atoms with E-state index in [4.69, 9.17) is 9.97 Å². The lowest BCUT2D eigenvalue weighted by atomic mass is 10.0. The monoisotopic (exact) mass is 434 g/mol. The van der Waals surface area contributed by atoms with Gasteiger partial charge in [-0.05, 0) is 31.9 Å². The first-order valence-electron chi connectivity index (χ1n) is 10.6. The van der Waals surface area contributed by atoms with Crippen molar-refractivity contribution in [1.82, 2.24) is 14.3 Å². The molecule has 0 radical (unpaired) electrons. The number of sulfonamides is 1. The summed E-state index contributed by atoms with van der Waals surface area (Å²) in [7, 11) is -3.20. The molecule has 6 nitrogen and oxygen atoms in total. The van der Waals surface area contributed by atoms with E-state index < -0.39 is 10.0 Å². The van der Waals surface area contributed by atoms with Gasteiger partial charge in [0.15, 0.2) is 0 Å². The zero-order chi connectivity index (χ0) is 21.9. The normalized spacial score (nSPS) is 16.6. The van der Waals surface area contributed by atoms with Gasteiger partial charge in [-0.3, -0.25) is 0 Å². The van der Waals surface area contributed by atoms with Gasteiger partial charge < -0.3 is 4.90 Å². The Morgan fingerprint density at radius 1 is 1.10 bits per heavy atom. The first-order valence-corrected chi connectivity index (χ1v) is 12.2. The Morgan fingerprint density at radius 2 is 1.77 bits per heavy atom. The highest BCUT2D eigenvalue weighted by atomic mass is 32.2. The predicted molar refractivity (Wildman–Crippen MR) is 118 cm³/mol. The Labute approximate surface area is 179 Å². The highest BCUT2D eigenvalue weighted by Crippen LogP contribution is 2.28. The zero-order valence-corrected chi connectivity index (χ0v) is 19.0. The first kappa shape index (κ1) is 22.6. The molecule has 1 aromatic heterocycles. The molecule has 0 aliphatic carbocycles. The second-order valence-corrected chi connectivity index (χ2v) is 10.1. The lowest BCUT2D eigenvalue weighted by Gasteiger charge is -2.36. The summed E-state index contributed by atoms with van der Waals surface area (Å²) in [6, 6.07) is 6.76. The van der Waals surface area contributed by atoms with Crippen LogP contribution in [0.4, 0.5) is 10.2 Å². The quantitative estimate of drug-likeness (QED) is 0.667. The lowest BCUT2D eigenvalue weighted by molar-refractivity contribution is 0.384. The highest BCUT2D eigenvalue weighted by Gasteiger charge is 2.28. The molecule has 0 saturated carbocycles. The number of benzene rings is 1. The molecule has 1 atom stereocenters. The standard InChI is InChI=1S/C22H31FN4O2S/c1-5-16(3)21-24-17(4)19(15-18-9-7-8-10-20(18)23)22(25-21)26-11-13-27(14-12-26)30(28,29)6-2/h7-10,16H,5-6,11-15H2,1-4H3/t16-/m0/s1. The van der Waals surface area contributed by atoms with E-state index >= 15 is 0 Å². The minimum absolute atomic E-state index is 0.107. The lowest BCUT2D eigenvalue weighted by Crippen LogP contribution is -2.49. The molecule has 1 aromatic carbocycles. The molecule has 0 amide bonds. The van der Waals surface area contributed by atoms with E-state index in [1.165, 1.54) is 6.07 Å². The van der Waals surface area contributed by atoms with Crippen LogP contribution in [0.15, 0.2) is 24.3 Å². The second-order valence-electron chi connectivity index (χ2n) is 7.83. The van der Waals surface area contributed by atoms with Gasteiger partial charge in [-0.25, -0.2) is 22.8 Å². The molecular formula is C22H31FN4O2S. The van der Waals surface area contributed by atoms with Crippen LogP contribution in [0.5, 0.6) is 0 Å². The van der Waals surface area contributed by atoms with Crippen LogP contribution in [0.2, 0.25) is 0 Å². The Kier molecular flexibility index (Phi) is 7.08. The van der Waals surface area contributed by atoms with Gasteiger partial charge in [0.05, 0.1) is 5.75 Å². The van der Waals surface area contributed by atoms with Crippen LogP contribution < -0.4 is 4.90 Å². The number of nitrogens with zero attached hydrogens (tertiary/aromatic N) is 4. The van der Waals surface area contributed by atoms with Gasteiger partial charge in [0.1, 0.15) is 17.5 Å². The third-order valence-corrected chi connectivity index (χ3v) is 7.77. The molecule has 1 saturated heterocycles. The average Bonchev–Trinajstić information content (AvgIpc) is 2.75. The van der Waals surface area contributed by atoms with Gasteiger partial charge in [0.25, 0.3) is 0 Å². The predicted octanol–water partition coefficient (Wildman–Crippen LogP) is 3.50. The number of rotatable bonds is 7. The van der Waals surface area contributed by atoms with Gasteiger partial charge in [-0.15, -0.1) is 0 Å². The summed E-state index contributed by atoms with van der Waals surface area (Å²) in [5, 5.41) is 0. The number of hydrogen-bond donors (Lipinski definition) is 0. The van der Waals surface area contributed by atoms with Gasteiger partial charge in [0, 0.05) is 49.8 Å². The van der Waals surface area contributed by atoms with Crippen molar-refractivity contribution in [2.45, 2.75) is 46.5 Å². The molecule has 30 heavy (non-hydrogen) atoms. The van der Waals surface area contributed by atoms with Crippen molar-refractivity contribution in [3.05, 3.63) is 52.7 Å². The largest absolute Gasteiger partial charge is 0.354 e. The minimum Gasteiger partial charge on any atom is -0.354 e. The van der Waals surface area contributed by atoms with E-state index in [1.54, 1.807) is 23.4 Å². The third kappa shape index (κ3) is 4.81. The van der Waals surface area contributed by atoms with Crippen LogP contribution in [-0.4, -0.2) is 54.6 Å². The summed E-state index contributed by atoms with van der Waals surface area (Å²) in [6.45, 7) is 9.78. The van der Waals surface area contributed by atoms with Crippen molar-refractivity contribution < 1.29 is 12.8 Å². The third-order valence-electron chi connectivity index (χ3n) is 5.88. The van der Waals surface area contributed by atoms with Crippen molar-refractivity contribution in [2.75, 3.05) is 36.8 Å². The molecule has 1 fully saturated rings. The molecule has 1 aliphatic rings. The highest BCUT2D eigenvalue weighted by molar-refractivity contribution is 7.89. The Bertz CT molecular complexity index is 989. The van der Waals surface area contributed by atoms with Crippen LogP contribution in [0, 0.1) is 12.7 Å². The van der Waals surface area contributed by atoms with E-state index in [0.29, 0.717) is 38.2 Å². The summed E-state index contributed by atoms with van der Waals surface area (Å²) >= 11 is 0. The van der Waals surface area contributed by atoms with Crippen molar-refractivity contribution in [3.63, 3.8) is 0 Å². The number of piperazine rings is 1. The Morgan fingerprint density at radius 3 is 2.37 bits per heavy atom. The number of halogens is 1. The van der Waals surface area contributed by atoms with Crippen LogP contribution in [-0.2, 0) is 16.4 Å². The van der Waals surface area contributed by atoms with Crippen LogP contribution in [0.3, 0.4) is 0 Å². The molecular weight excluding hydrogens is 403 g/mol. The molecule has 8 heteroatoms. The maximum Gasteiger partial charge on any atom is 0.213 e. The number of aryl methyl sites for hydroxylation is 1. The van der Waals surface area contributed by atoms with E-state index in [-0.39, 0.29) is 17.5 Å². The van der Waals surface area contributed by atoms with Crippen molar-refractivity contribution in [2.24, 2.45) is 0 Å². The number of hydrogen-bond acceptors (Lipinski definition) is 5. The SMILES string of the molecule is CC[C@H](C)c1nc(C)c(Cc2ccccc2F)c(N2CCN(S(=O)(=O)CC)CC2)n1. The molecule has 1 aliphatic heterocycles. The number of anilines is 1. The van der Waals surface area contributed by atoms with Gasteiger partial charge >= 0.3 is 0 Å². The van der Waals surface area contributed by atoms with E-state index in [9.17, 15) is 12.8 Å².